The van der Waals surface area contributed by atoms with Crippen molar-refractivity contribution in [2.75, 3.05) is 11.9 Å². The molecule has 0 radical (unpaired) electrons. The van der Waals surface area contributed by atoms with Crippen LogP contribution < -0.4 is 5.32 Å². The molecule has 0 aliphatic rings. The first kappa shape index (κ1) is 21.1. The van der Waals surface area contributed by atoms with Crippen LogP contribution in [0.4, 0.5) is 11.4 Å². The van der Waals surface area contributed by atoms with Gasteiger partial charge in [0.05, 0.1) is 15.1 Å². The smallest absolute Gasteiger partial charge is 0.345 e. The van der Waals surface area contributed by atoms with Crippen molar-refractivity contribution in [2.45, 2.75) is 6.92 Å². The average Bonchev–Trinajstić information content (AvgIpc) is 3.21. The lowest BCUT2D eigenvalue weighted by atomic mass is 10.2. The fraction of sp³-hybridized carbons (Fsp3) is 0.0870. The van der Waals surface area contributed by atoms with E-state index in [-0.39, 0.29) is 11.3 Å². The van der Waals surface area contributed by atoms with Gasteiger partial charge in [-0.1, -0.05) is 18.2 Å². The molecule has 4 aromatic rings. The molecule has 0 saturated heterocycles. The van der Waals surface area contributed by atoms with Crippen molar-refractivity contribution < 1.29 is 19.2 Å². The number of nitrogens with zero attached hydrogens (tertiary/aromatic N) is 2. The molecule has 9 heteroatoms. The van der Waals surface area contributed by atoms with Gasteiger partial charge < -0.3 is 10.1 Å². The molecule has 0 unspecified atom stereocenters. The molecule has 0 aliphatic heterocycles. The van der Waals surface area contributed by atoms with Gasteiger partial charge in [0.25, 0.3) is 11.6 Å². The number of fused-ring (bicyclic) bond motifs is 1. The second-order valence-corrected chi connectivity index (χ2v) is 8.00. The molecule has 0 fully saturated rings. The monoisotopic (exact) mass is 447 g/mol. The Kier molecular flexibility index (Phi) is 5.91. The van der Waals surface area contributed by atoms with Gasteiger partial charge >= 0.3 is 5.97 Å². The van der Waals surface area contributed by atoms with E-state index in [9.17, 15) is 19.7 Å². The summed E-state index contributed by atoms with van der Waals surface area (Å²) in [6, 6.07) is 18.7. The summed E-state index contributed by atoms with van der Waals surface area (Å²) in [5.74, 6) is -1.49. The number of hydrogen-bond donors (Lipinski definition) is 1. The maximum Gasteiger partial charge on any atom is 0.345 e. The molecule has 1 aromatic heterocycles. The number of aromatic nitrogens is 1. The lowest BCUT2D eigenvalue weighted by Gasteiger charge is -2.07. The predicted octanol–water partition coefficient (Wildman–Crippen LogP) is 4.98. The molecule has 8 nitrogen and oxygen atoms in total. The Balaban J connectivity index is 1.37. The number of esters is 1. The molecule has 0 atom stereocenters. The molecule has 0 aliphatic carbocycles. The Bertz CT molecular complexity index is 1330. The van der Waals surface area contributed by atoms with Crippen LogP contribution in [0.3, 0.4) is 0 Å². The first-order chi connectivity index (χ1) is 15.4. The zero-order valence-corrected chi connectivity index (χ0v) is 17.7. The summed E-state index contributed by atoms with van der Waals surface area (Å²) in [4.78, 5) is 39.2. The number of nitro benzene ring substituents is 1. The number of carbonyl (C=O) groups is 2. The van der Waals surface area contributed by atoms with Crippen LogP contribution in [0, 0.1) is 17.0 Å². The number of rotatable bonds is 6. The molecule has 4 rings (SSSR count). The van der Waals surface area contributed by atoms with Crippen molar-refractivity contribution in [1.29, 1.82) is 0 Å². The molecule has 160 valence electrons. The minimum Gasteiger partial charge on any atom is -0.452 e. The summed E-state index contributed by atoms with van der Waals surface area (Å²) in [5.41, 5.74) is 2.98. The highest BCUT2D eigenvalue weighted by Crippen LogP contribution is 2.31. The topological polar surface area (TPSA) is 111 Å². The number of carbonyl (C=O) groups excluding carboxylic acids is 2. The molecular formula is C23H17N3O5S. The predicted molar refractivity (Wildman–Crippen MR) is 122 cm³/mol. The van der Waals surface area contributed by atoms with E-state index in [0.717, 1.165) is 20.8 Å². The number of thiazole rings is 1. The lowest BCUT2D eigenvalue weighted by Crippen LogP contribution is -2.21. The highest BCUT2D eigenvalue weighted by atomic mass is 32.1. The van der Waals surface area contributed by atoms with Crippen molar-refractivity contribution in [3.05, 3.63) is 88.0 Å². The Hall–Kier alpha value is -4.11. The average molecular weight is 447 g/mol. The molecule has 3 aromatic carbocycles. The molecule has 1 heterocycles. The highest BCUT2D eigenvalue weighted by Gasteiger charge is 2.21. The highest BCUT2D eigenvalue weighted by molar-refractivity contribution is 7.21. The van der Waals surface area contributed by atoms with E-state index in [2.05, 4.69) is 16.4 Å². The molecule has 0 saturated carbocycles. The fourth-order valence-electron chi connectivity index (χ4n) is 3.06. The summed E-state index contributed by atoms with van der Waals surface area (Å²) in [5, 5.41) is 14.5. The number of aryl methyl sites for hydroxylation is 1. The van der Waals surface area contributed by atoms with Crippen molar-refractivity contribution in [3.63, 3.8) is 0 Å². The van der Waals surface area contributed by atoms with Crippen LogP contribution in [-0.4, -0.2) is 28.4 Å². The van der Waals surface area contributed by atoms with Crippen LogP contribution in [0.15, 0.2) is 66.7 Å². The van der Waals surface area contributed by atoms with Gasteiger partial charge in [0.1, 0.15) is 10.6 Å². The van der Waals surface area contributed by atoms with Gasteiger partial charge in [-0.25, -0.2) is 9.78 Å². The molecule has 32 heavy (non-hydrogen) atoms. The standard InChI is InChI=1S/C23H17N3O5S/c1-14-6-11-18-20(12-14)32-22(25-18)15-7-9-16(10-8-15)24-21(27)13-31-23(28)17-4-2-3-5-19(17)26(29)30/h2-12H,13H2,1H3,(H,24,27). The van der Waals surface area contributed by atoms with E-state index in [1.165, 1.54) is 29.8 Å². The number of nitro groups is 1. The van der Waals surface area contributed by atoms with E-state index >= 15 is 0 Å². The SMILES string of the molecule is Cc1ccc2nc(-c3ccc(NC(=O)COC(=O)c4ccccc4[N+](=O)[O-])cc3)sc2c1. The van der Waals surface area contributed by atoms with Crippen molar-refractivity contribution in [3.8, 4) is 10.6 Å². The lowest BCUT2D eigenvalue weighted by molar-refractivity contribution is -0.385. The first-order valence-corrected chi connectivity index (χ1v) is 10.4. The fourth-order valence-corrected chi connectivity index (χ4v) is 4.13. The van der Waals surface area contributed by atoms with E-state index in [1.807, 2.05) is 31.2 Å². The Labute approximate surface area is 186 Å². The molecule has 0 bridgehead atoms. The Morgan fingerprint density at radius 2 is 1.84 bits per heavy atom. The largest absolute Gasteiger partial charge is 0.452 e. The second-order valence-electron chi connectivity index (χ2n) is 6.97. The zero-order chi connectivity index (χ0) is 22.7. The van der Waals surface area contributed by atoms with Crippen molar-refractivity contribution in [2.24, 2.45) is 0 Å². The number of para-hydroxylation sites is 1. The number of ether oxygens (including phenoxy) is 1. The summed E-state index contributed by atoms with van der Waals surface area (Å²) in [6.45, 7) is 1.47. The third kappa shape index (κ3) is 4.62. The summed E-state index contributed by atoms with van der Waals surface area (Å²) in [7, 11) is 0. The zero-order valence-electron chi connectivity index (χ0n) is 16.9. The van der Waals surface area contributed by atoms with Gasteiger partial charge in [-0.3, -0.25) is 14.9 Å². The van der Waals surface area contributed by atoms with E-state index < -0.39 is 23.4 Å². The summed E-state index contributed by atoms with van der Waals surface area (Å²) in [6.07, 6.45) is 0. The van der Waals surface area contributed by atoms with Crippen molar-refractivity contribution in [1.82, 2.24) is 4.98 Å². The molecule has 1 amide bonds. The quantitative estimate of drug-likeness (QED) is 0.254. The number of nitrogens with one attached hydrogen (secondary N) is 1. The Morgan fingerprint density at radius 1 is 1.09 bits per heavy atom. The van der Waals surface area contributed by atoms with Crippen LogP contribution in [-0.2, 0) is 9.53 Å². The third-order valence-electron chi connectivity index (χ3n) is 4.61. The van der Waals surface area contributed by atoms with Crippen LogP contribution in [0.25, 0.3) is 20.8 Å². The van der Waals surface area contributed by atoms with E-state index in [1.54, 1.807) is 23.5 Å². The van der Waals surface area contributed by atoms with Gasteiger partial charge in [-0.15, -0.1) is 11.3 Å². The minimum atomic E-state index is -0.936. The van der Waals surface area contributed by atoms with Gasteiger partial charge in [0.15, 0.2) is 6.61 Å². The first-order valence-electron chi connectivity index (χ1n) is 9.59. The van der Waals surface area contributed by atoms with Crippen LogP contribution in [0.2, 0.25) is 0 Å². The van der Waals surface area contributed by atoms with Crippen LogP contribution >= 0.6 is 11.3 Å². The van der Waals surface area contributed by atoms with E-state index in [0.29, 0.717) is 5.69 Å². The molecular weight excluding hydrogens is 430 g/mol. The van der Waals surface area contributed by atoms with Crippen LogP contribution in [0.1, 0.15) is 15.9 Å². The van der Waals surface area contributed by atoms with Crippen molar-refractivity contribution >= 4 is 44.8 Å². The maximum atomic E-state index is 12.1. The van der Waals surface area contributed by atoms with Crippen LogP contribution in [0.5, 0.6) is 0 Å². The van der Waals surface area contributed by atoms with E-state index in [4.69, 9.17) is 4.74 Å². The Morgan fingerprint density at radius 3 is 2.59 bits per heavy atom. The normalized spacial score (nSPS) is 10.7. The third-order valence-corrected chi connectivity index (χ3v) is 5.68. The number of anilines is 1. The summed E-state index contributed by atoms with van der Waals surface area (Å²) >= 11 is 1.59. The maximum absolute atomic E-state index is 12.1. The minimum absolute atomic E-state index is 0.208. The molecule has 0 spiro atoms. The number of amides is 1. The molecule has 1 N–H and O–H groups in total. The second kappa shape index (κ2) is 8.94. The van der Waals surface area contributed by atoms with Gasteiger partial charge in [0.2, 0.25) is 0 Å². The number of hydrogen-bond acceptors (Lipinski definition) is 7. The van der Waals surface area contributed by atoms with Gasteiger partial charge in [-0.05, 0) is 55.0 Å². The summed E-state index contributed by atoms with van der Waals surface area (Å²) < 4.78 is 6.03. The van der Waals surface area contributed by atoms with Gasteiger partial charge in [0, 0.05) is 17.3 Å². The number of benzene rings is 3. The van der Waals surface area contributed by atoms with Gasteiger partial charge in [-0.2, -0.15) is 0 Å².